The second-order valence-corrected chi connectivity index (χ2v) is 4.13. The van der Waals surface area contributed by atoms with Gasteiger partial charge in [0, 0.05) is 21.1 Å². The van der Waals surface area contributed by atoms with Gasteiger partial charge < -0.3 is 11.3 Å². The largest absolute Gasteiger partial charge is 0.368 e. The molecular weight excluding hydrogens is 358 g/mol. The molecule has 4 heteroatoms. The van der Waals surface area contributed by atoms with Gasteiger partial charge in [-0.2, -0.15) is 5.10 Å². The molecule has 3 nitrogen and oxygen atoms in total. The molecule has 1 saturated carbocycles. The summed E-state index contributed by atoms with van der Waals surface area (Å²) in [5.41, 5.74) is 0.990. The summed E-state index contributed by atoms with van der Waals surface area (Å²) < 4.78 is 0. The van der Waals surface area contributed by atoms with Crippen molar-refractivity contribution in [1.29, 1.82) is 0 Å². The molecule has 0 aliphatic heterocycles. The fraction of sp³-hybridized carbons (Fsp3) is 0.727. The van der Waals surface area contributed by atoms with Gasteiger partial charge in [-0.1, -0.05) is 32.1 Å². The SMILES string of the molecule is Cc1nn[c-]c(CC2CCCCC2)n1.[W]. The molecular formula is C11H16N3W-. The molecule has 0 spiro atoms. The Morgan fingerprint density at radius 2 is 2.00 bits per heavy atom. The van der Waals surface area contributed by atoms with Crippen molar-refractivity contribution in [3.05, 3.63) is 17.7 Å². The molecule has 1 aliphatic carbocycles. The zero-order valence-electron chi connectivity index (χ0n) is 9.07. The summed E-state index contributed by atoms with van der Waals surface area (Å²) in [6.07, 6.45) is 10.8. The Kier molecular flexibility index (Phi) is 5.38. The fourth-order valence-electron chi connectivity index (χ4n) is 2.15. The van der Waals surface area contributed by atoms with Crippen molar-refractivity contribution >= 4 is 0 Å². The molecule has 2 rings (SSSR count). The van der Waals surface area contributed by atoms with Crippen molar-refractivity contribution in [3.63, 3.8) is 0 Å². The third kappa shape index (κ3) is 3.98. The van der Waals surface area contributed by atoms with Gasteiger partial charge in [0.25, 0.3) is 0 Å². The predicted molar refractivity (Wildman–Crippen MR) is 53.7 cm³/mol. The van der Waals surface area contributed by atoms with E-state index in [9.17, 15) is 0 Å². The standard InChI is InChI=1S/C11H16N3.W/c1-9-13-11(8-12-14-9)7-10-5-3-2-4-6-10;/h10H,2-7H2,1H3;/q-1;. The van der Waals surface area contributed by atoms with Crippen molar-refractivity contribution in [3.8, 4) is 0 Å². The topological polar surface area (TPSA) is 38.7 Å². The first-order valence-corrected chi connectivity index (χ1v) is 5.42. The molecule has 0 radical (unpaired) electrons. The van der Waals surface area contributed by atoms with Gasteiger partial charge in [0.1, 0.15) is 5.82 Å². The second-order valence-electron chi connectivity index (χ2n) is 4.13. The Balaban J connectivity index is 0.00000112. The van der Waals surface area contributed by atoms with Gasteiger partial charge in [-0.25, -0.2) is 0 Å². The van der Waals surface area contributed by atoms with Crippen LogP contribution in [0.2, 0.25) is 0 Å². The number of rotatable bonds is 2. The van der Waals surface area contributed by atoms with Crippen molar-refractivity contribution in [2.24, 2.45) is 5.92 Å². The summed E-state index contributed by atoms with van der Waals surface area (Å²) in [5.74, 6) is 1.56. The zero-order valence-corrected chi connectivity index (χ0v) is 12.0. The van der Waals surface area contributed by atoms with Crippen LogP contribution in [-0.4, -0.2) is 15.2 Å². The first-order chi connectivity index (χ1) is 6.84. The van der Waals surface area contributed by atoms with Gasteiger partial charge in [-0.3, -0.25) is 4.98 Å². The van der Waals surface area contributed by atoms with Gasteiger partial charge >= 0.3 is 0 Å². The van der Waals surface area contributed by atoms with E-state index in [1.807, 2.05) is 6.92 Å². The van der Waals surface area contributed by atoms with E-state index in [1.54, 1.807) is 0 Å². The molecule has 0 aromatic carbocycles. The molecule has 0 saturated heterocycles. The van der Waals surface area contributed by atoms with Crippen LogP contribution in [0.5, 0.6) is 0 Å². The molecule has 15 heavy (non-hydrogen) atoms. The van der Waals surface area contributed by atoms with E-state index >= 15 is 0 Å². The van der Waals surface area contributed by atoms with Crippen LogP contribution in [0.1, 0.15) is 43.6 Å². The van der Waals surface area contributed by atoms with E-state index in [0.717, 1.165) is 23.9 Å². The first-order valence-electron chi connectivity index (χ1n) is 5.42. The molecule has 1 aromatic heterocycles. The van der Waals surface area contributed by atoms with E-state index in [4.69, 9.17) is 0 Å². The maximum Gasteiger partial charge on any atom is 0.141 e. The Bertz CT molecular complexity index is 298. The predicted octanol–water partition coefficient (Wildman–Crippen LogP) is 2.10. The smallest absolute Gasteiger partial charge is 0.141 e. The van der Waals surface area contributed by atoms with E-state index < -0.39 is 0 Å². The summed E-state index contributed by atoms with van der Waals surface area (Å²) in [6.45, 7) is 1.88. The molecule has 1 heterocycles. The molecule has 0 atom stereocenters. The van der Waals surface area contributed by atoms with Gasteiger partial charge in [0.2, 0.25) is 0 Å². The van der Waals surface area contributed by atoms with Crippen molar-refractivity contribution in [1.82, 2.24) is 15.2 Å². The Hall–Kier alpha value is -0.302. The average molecular weight is 374 g/mol. The molecule has 0 unspecified atom stereocenters. The van der Waals surface area contributed by atoms with Crippen LogP contribution in [0.4, 0.5) is 0 Å². The second kappa shape index (κ2) is 6.32. The van der Waals surface area contributed by atoms with Gasteiger partial charge in [-0.05, 0) is 19.3 Å². The fourth-order valence-corrected chi connectivity index (χ4v) is 2.15. The summed E-state index contributed by atoms with van der Waals surface area (Å²) in [6, 6.07) is 0. The third-order valence-electron chi connectivity index (χ3n) is 2.88. The molecule has 82 valence electrons. The van der Waals surface area contributed by atoms with Crippen molar-refractivity contribution in [2.45, 2.75) is 45.4 Å². The van der Waals surface area contributed by atoms with Gasteiger partial charge in [-0.15, -0.1) is 5.69 Å². The van der Waals surface area contributed by atoms with Crippen molar-refractivity contribution in [2.75, 3.05) is 0 Å². The van der Waals surface area contributed by atoms with Crippen LogP contribution in [0.15, 0.2) is 0 Å². The molecule has 1 fully saturated rings. The number of aromatic nitrogens is 3. The molecule has 0 amide bonds. The number of hydrogen-bond acceptors (Lipinski definition) is 3. The average Bonchev–Trinajstić information content (AvgIpc) is 2.19. The van der Waals surface area contributed by atoms with Crippen LogP contribution in [0.25, 0.3) is 0 Å². The van der Waals surface area contributed by atoms with Crippen molar-refractivity contribution < 1.29 is 21.1 Å². The summed E-state index contributed by atoms with van der Waals surface area (Å²) in [4.78, 5) is 4.34. The number of hydrogen-bond donors (Lipinski definition) is 0. The minimum absolute atomic E-state index is 0. The van der Waals surface area contributed by atoms with Crippen LogP contribution in [0.3, 0.4) is 0 Å². The Labute approximate surface area is 105 Å². The van der Waals surface area contributed by atoms with Crippen LogP contribution in [-0.2, 0) is 27.5 Å². The monoisotopic (exact) mass is 374 g/mol. The molecule has 1 aromatic rings. The Morgan fingerprint density at radius 3 is 2.67 bits per heavy atom. The van der Waals surface area contributed by atoms with E-state index in [2.05, 4.69) is 21.4 Å². The molecule has 1 aliphatic rings. The maximum absolute atomic E-state index is 4.34. The molecule has 0 N–H and O–H groups in total. The van der Waals surface area contributed by atoms with Gasteiger partial charge in [0.15, 0.2) is 0 Å². The summed E-state index contributed by atoms with van der Waals surface area (Å²) >= 11 is 0. The third-order valence-corrected chi connectivity index (χ3v) is 2.88. The maximum atomic E-state index is 4.34. The van der Waals surface area contributed by atoms with Crippen LogP contribution < -0.4 is 0 Å². The molecule has 0 bridgehead atoms. The van der Waals surface area contributed by atoms with E-state index in [-0.39, 0.29) is 21.1 Å². The summed E-state index contributed by atoms with van der Waals surface area (Å²) in [5, 5.41) is 7.63. The minimum atomic E-state index is 0. The van der Waals surface area contributed by atoms with E-state index in [1.165, 1.54) is 32.1 Å². The van der Waals surface area contributed by atoms with E-state index in [0.29, 0.717) is 0 Å². The van der Waals surface area contributed by atoms with Gasteiger partial charge in [0.05, 0.1) is 0 Å². The normalized spacial score (nSPS) is 17.1. The quantitative estimate of drug-likeness (QED) is 0.745. The number of aryl methyl sites for hydroxylation is 1. The number of nitrogens with zero attached hydrogens (tertiary/aromatic N) is 3. The van der Waals surface area contributed by atoms with Crippen LogP contribution >= 0.6 is 0 Å². The first kappa shape index (κ1) is 12.8. The minimum Gasteiger partial charge on any atom is -0.368 e. The van der Waals surface area contributed by atoms with Crippen LogP contribution in [0, 0.1) is 19.0 Å². The zero-order chi connectivity index (χ0) is 9.80. The Morgan fingerprint density at radius 1 is 1.27 bits per heavy atom. The summed E-state index contributed by atoms with van der Waals surface area (Å²) in [7, 11) is 0.